The minimum atomic E-state index is -3.44. The predicted octanol–water partition coefficient (Wildman–Crippen LogP) is 0.0616. The minimum absolute atomic E-state index is 0.0378. The van der Waals surface area contributed by atoms with Crippen LogP contribution < -0.4 is 10.5 Å². The Morgan fingerprint density at radius 2 is 2.06 bits per heavy atom. The molecule has 100 valence electrons. The Kier molecular flexibility index (Phi) is 3.92. The standard InChI is InChI=1S/C8H15F2N3O3S/c1-17(15,16)12-6-2-4-8(9,10)13(5-3-6)7(11)14/h6,12H,2-5H2,1H3,(H2,11,14). The largest absolute Gasteiger partial charge is 0.351 e. The number of carbonyl (C=O) groups is 1. The maximum absolute atomic E-state index is 13.4. The first-order valence-electron chi connectivity index (χ1n) is 5.04. The molecule has 0 saturated carbocycles. The van der Waals surface area contributed by atoms with Crippen LogP contribution in [-0.4, -0.2) is 44.2 Å². The summed E-state index contributed by atoms with van der Waals surface area (Å²) >= 11 is 0. The van der Waals surface area contributed by atoms with Crippen molar-refractivity contribution in [2.24, 2.45) is 5.73 Å². The molecule has 0 radical (unpaired) electrons. The van der Waals surface area contributed by atoms with Crippen molar-refractivity contribution in [2.75, 3.05) is 12.8 Å². The van der Waals surface area contributed by atoms with Gasteiger partial charge in [-0.05, 0) is 12.8 Å². The number of primary amides is 1. The number of likely N-dealkylation sites (tertiary alicyclic amines) is 1. The van der Waals surface area contributed by atoms with Crippen molar-refractivity contribution in [3.05, 3.63) is 0 Å². The lowest BCUT2D eigenvalue weighted by Crippen LogP contribution is -2.48. The molecule has 1 rings (SSSR count). The molecule has 0 spiro atoms. The van der Waals surface area contributed by atoms with Gasteiger partial charge in [-0.3, -0.25) is 4.90 Å². The van der Waals surface area contributed by atoms with E-state index in [-0.39, 0.29) is 24.3 Å². The monoisotopic (exact) mass is 271 g/mol. The average molecular weight is 271 g/mol. The lowest BCUT2D eigenvalue weighted by molar-refractivity contribution is -0.119. The Hall–Kier alpha value is -0.960. The molecule has 0 aliphatic carbocycles. The van der Waals surface area contributed by atoms with Crippen LogP contribution in [0.4, 0.5) is 13.6 Å². The summed E-state index contributed by atoms with van der Waals surface area (Å²) in [6, 6.07) is -5.12. The van der Waals surface area contributed by atoms with Crippen LogP contribution in [0, 0.1) is 0 Å². The summed E-state index contributed by atoms with van der Waals surface area (Å²) < 4.78 is 51.1. The zero-order chi connectivity index (χ0) is 13.3. The molecule has 1 fully saturated rings. The van der Waals surface area contributed by atoms with Gasteiger partial charge in [-0.25, -0.2) is 17.9 Å². The number of sulfonamides is 1. The maximum Gasteiger partial charge on any atom is 0.329 e. The van der Waals surface area contributed by atoms with Gasteiger partial charge < -0.3 is 5.73 Å². The molecule has 6 nitrogen and oxygen atoms in total. The Morgan fingerprint density at radius 1 is 1.47 bits per heavy atom. The number of rotatable bonds is 2. The maximum atomic E-state index is 13.4. The summed E-state index contributed by atoms with van der Waals surface area (Å²) in [7, 11) is -3.44. The van der Waals surface area contributed by atoms with Crippen LogP contribution in [-0.2, 0) is 10.0 Å². The highest BCUT2D eigenvalue weighted by molar-refractivity contribution is 7.88. The molecule has 1 atom stereocenters. The molecular formula is C8H15F2N3O3S. The molecular weight excluding hydrogens is 256 g/mol. The molecule has 0 bridgehead atoms. The highest BCUT2D eigenvalue weighted by Crippen LogP contribution is 2.30. The van der Waals surface area contributed by atoms with Gasteiger partial charge in [-0.15, -0.1) is 0 Å². The van der Waals surface area contributed by atoms with Crippen molar-refractivity contribution >= 4 is 16.1 Å². The molecule has 17 heavy (non-hydrogen) atoms. The van der Waals surface area contributed by atoms with Crippen LogP contribution in [0.3, 0.4) is 0 Å². The predicted molar refractivity (Wildman–Crippen MR) is 56.9 cm³/mol. The molecule has 2 amide bonds. The van der Waals surface area contributed by atoms with E-state index in [0.29, 0.717) is 0 Å². The molecule has 3 N–H and O–H groups in total. The first-order valence-corrected chi connectivity index (χ1v) is 6.93. The van der Waals surface area contributed by atoms with Crippen molar-refractivity contribution < 1.29 is 22.0 Å². The molecule has 0 aromatic heterocycles. The van der Waals surface area contributed by atoms with E-state index in [1.165, 1.54) is 0 Å². The Bertz CT molecular complexity index is 399. The van der Waals surface area contributed by atoms with E-state index in [0.717, 1.165) is 6.26 Å². The Labute approximate surface area is 98.2 Å². The fourth-order valence-electron chi connectivity index (χ4n) is 1.77. The van der Waals surface area contributed by atoms with Gasteiger partial charge in [0.15, 0.2) is 0 Å². The van der Waals surface area contributed by atoms with E-state index in [4.69, 9.17) is 5.73 Å². The normalized spacial score (nSPS) is 25.4. The second-order valence-electron chi connectivity index (χ2n) is 4.07. The van der Waals surface area contributed by atoms with Crippen molar-refractivity contribution in [1.29, 1.82) is 0 Å². The van der Waals surface area contributed by atoms with Gasteiger partial charge in [0, 0.05) is 19.0 Å². The van der Waals surface area contributed by atoms with Gasteiger partial charge in [-0.1, -0.05) is 0 Å². The zero-order valence-corrected chi connectivity index (χ0v) is 10.1. The van der Waals surface area contributed by atoms with E-state index in [2.05, 4.69) is 4.72 Å². The summed E-state index contributed by atoms with van der Waals surface area (Å²) in [5, 5.41) is 0. The third-order valence-electron chi connectivity index (χ3n) is 2.54. The molecule has 1 saturated heterocycles. The number of hydrogen-bond acceptors (Lipinski definition) is 3. The summed E-state index contributed by atoms with van der Waals surface area (Å²) in [5.41, 5.74) is 4.85. The van der Waals surface area contributed by atoms with Crippen molar-refractivity contribution in [3.8, 4) is 0 Å². The van der Waals surface area contributed by atoms with Gasteiger partial charge in [0.25, 0.3) is 0 Å². The Balaban J connectivity index is 2.74. The van der Waals surface area contributed by atoms with Gasteiger partial charge in [0.05, 0.1) is 6.26 Å². The van der Waals surface area contributed by atoms with Crippen LogP contribution in [0.1, 0.15) is 19.3 Å². The van der Waals surface area contributed by atoms with E-state index in [1.54, 1.807) is 0 Å². The molecule has 1 aliphatic heterocycles. The van der Waals surface area contributed by atoms with Crippen LogP contribution in [0.25, 0.3) is 0 Å². The molecule has 1 unspecified atom stereocenters. The second kappa shape index (κ2) is 4.73. The Morgan fingerprint density at radius 3 is 2.53 bits per heavy atom. The summed E-state index contributed by atoms with van der Waals surface area (Å²) in [4.78, 5) is 11.1. The molecule has 0 aromatic rings. The van der Waals surface area contributed by atoms with Crippen molar-refractivity contribution in [1.82, 2.24) is 9.62 Å². The van der Waals surface area contributed by atoms with Crippen LogP contribution in [0.2, 0.25) is 0 Å². The smallest absolute Gasteiger partial charge is 0.329 e. The summed E-state index contributed by atoms with van der Waals surface area (Å²) in [5.74, 6) is 0. The number of hydrogen-bond donors (Lipinski definition) is 2. The number of alkyl halides is 2. The van der Waals surface area contributed by atoms with Crippen LogP contribution in [0.5, 0.6) is 0 Å². The fourth-order valence-corrected chi connectivity index (χ4v) is 2.61. The number of amides is 2. The van der Waals surface area contributed by atoms with Gasteiger partial charge in [0.2, 0.25) is 10.0 Å². The first-order chi connectivity index (χ1) is 7.62. The van der Waals surface area contributed by atoms with Gasteiger partial charge >= 0.3 is 12.1 Å². The molecule has 1 heterocycles. The average Bonchev–Trinajstić information content (AvgIpc) is 2.23. The van der Waals surface area contributed by atoms with Crippen LogP contribution >= 0.6 is 0 Å². The molecule has 9 heteroatoms. The van der Waals surface area contributed by atoms with Crippen molar-refractivity contribution in [3.63, 3.8) is 0 Å². The number of nitrogens with zero attached hydrogens (tertiary/aromatic N) is 1. The zero-order valence-electron chi connectivity index (χ0n) is 9.32. The number of carbonyl (C=O) groups excluding carboxylic acids is 1. The van der Waals surface area contributed by atoms with Gasteiger partial charge in [-0.2, -0.15) is 8.78 Å². The highest BCUT2D eigenvalue weighted by Gasteiger charge is 2.42. The number of nitrogens with two attached hydrogens (primary N) is 1. The topological polar surface area (TPSA) is 92.5 Å². The SMILES string of the molecule is CS(=O)(=O)NC1CCN(C(N)=O)C(F)(F)CC1. The first kappa shape index (κ1) is 14.1. The number of nitrogens with one attached hydrogen (secondary N) is 1. The van der Waals surface area contributed by atoms with Gasteiger partial charge in [0.1, 0.15) is 0 Å². The third kappa shape index (κ3) is 4.08. The highest BCUT2D eigenvalue weighted by atomic mass is 32.2. The summed E-state index contributed by atoms with van der Waals surface area (Å²) in [6.45, 7) is -0.268. The number of urea groups is 1. The van der Waals surface area contributed by atoms with E-state index >= 15 is 0 Å². The van der Waals surface area contributed by atoms with Crippen LogP contribution in [0.15, 0.2) is 0 Å². The van der Waals surface area contributed by atoms with Crippen molar-refractivity contribution in [2.45, 2.75) is 31.4 Å². The van der Waals surface area contributed by atoms with E-state index < -0.39 is 34.6 Å². The fraction of sp³-hybridized carbons (Fsp3) is 0.875. The molecule has 0 aromatic carbocycles. The second-order valence-corrected chi connectivity index (χ2v) is 5.85. The van der Waals surface area contributed by atoms with E-state index in [9.17, 15) is 22.0 Å². The number of halogens is 2. The minimum Gasteiger partial charge on any atom is -0.351 e. The quantitative estimate of drug-likeness (QED) is 0.696. The summed E-state index contributed by atoms with van der Waals surface area (Å²) in [6.07, 6.45) is 0.431. The lowest BCUT2D eigenvalue weighted by atomic mass is 10.1. The lowest BCUT2D eigenvalue weighted by Gasteiger charge is -2.27. The third-order valence-corrected chi connectivity index (χ3v) is 3.30. The molecule has 1 aliphatic rings. The van der Waals surface area contributed by atoms with E-state index in [1.807, 2.05) is 0 Å².